The fraction of sp³-hybridized carbons (Fsp3) is 0.130. The fourth-order valence-corrected chi connectivity index (χ4v) is 2.87. The number of anilines is 2. The Hall–Kier alpha value is -3.60. The van der Waals surface area contributed by atoms with Crippen LogP contribution in [-0.4, -0.2) is 18.7 Å². The Kier molecular flexibility index (Phi) is 6.41. The lowest BCUT2D eigenvalue weighted by Crippen LogP contribution is -2.21. The van der Waals surface area contributed by atoms with Crippen molar-refractivity contribution in [3.8, 4) is 0 Å². The highest BCUT2D eigenvalue weighted by molar-refractivity contribution is 5.95. The summed E-state index contributed by atoms with van der Waals surface area (Å²) in [6.45, 7) is 3.92. The first kappa shape index (κ1) is 19.2. The number of rotatable bonds is 7. The molecule has 5 nitrogen and oxygen atoms in total. The van der Waals surface area contributed by atoms with Crippen molar-refractivity contribution in [3.05, 3.63) is 95.6 Å². The second-order valence-electron chi connectivity index (χ2n) is 6.42. The maximum Gasteiger partial charge on any atom is 0.271 e. The number of hydrogen-bond acceptors (Lipinski definition) is 4. The Morgan fingerprint density at radius 2 is 1.79 bits per heavy atom. The molecule has 0 atom stereocenters. The van der Waals surface area contributed by atoms with E-state index in [9.17, 15) is 4.79 Å². The average molecular weight is 372 g/mol. The lowest BCUT2D eigenvalue weighted by atomic mass is 10.1. The van der Waals surface area contributed by atoms with Gasteiger partial charge in [-0.2, -0.15) is 5.10 Å². The molecular formula is C23H24N4O. The van der Waals surface area contributed by atoms with Gasteiger partial charge < -0.3 is 10.6 Å². The van der Waals surface area contributed by atoms with Gasteiger partial charge in [0, 0.05) is 30.0 Å². The monoisotopic (exact) mass is 372 g/mol. The van der Waals surface area contributed by atoms with Gasteiger partial charge in [0.25, 0.3) is 5.91 Å². The minimum absolute atomic E-state index is 0.291. The number of benzene rings is 3. The molecule has 0 unspecified atom stereocenters. The molecule has 142 valence electrons. The van der Waals surface area contributed by atoms with Crippen LogP contribution in [-0.2, 0) is 6.54 Å². The highest BCUT2D eigenvalue weighted by Gasteiger charge is 2.06. The van der Waals surface area contributed by atoms with Gasteiger partial charge in [-0.05, 0) is 48.4 Å². The van der Waals surface area contributed by atoms with Crippen molar-refractivity contribution in [1.82, 2.24) is 5.43 Å². The van der Waals surface area contributed by atoms with Gasteiger partial charge in [-0.1, -0.05) is 48.5 Å². The minimum Gasteiger partial charge on any atom is -0.399 e. The number of amides is 1. The van der Waals surface area contributed by atoms with Gasteiger partial charge in [0.2, 0.25) is 0 Å². The molecule has 3 N–H and O–H groups in total. The van der Waals surface area contributed by atoms with E-state index in [1.54, 1.807) is 30.5 Å². The molecule has 3 aromatic rings. The van der Waals surface area contributed by atoms with Crippen LogP contribution in [0.3, 0.4) is 0 Å². The first-order chi connectivity index (χ1) is 13.7. The molecule has 1 amide bonds. The summed E-state index contributed by atoms with van der Waals surface area (Å²) in [5, 5.41) is 4.03. The van der Waals surface area contributed by atoms with Crippen LogP contribution < -0.4 is 16.1 Å². The molecule has 0 aromatic heterocycles. The van der Waals surface area contributed by atoms with Crippen LogP contribution in [0.4, 0.5) is 11.4 Å². The van der Waals surface area contributed by atoms with Gasteiger partial charge in [-0.15, -0.1) is 0 Å². The molecule has 5 heteroatoms. The molecule has 3 aromatic carbocycles. The lowest BCUT2D eigenvalue weighted by Gasteiger charge is -2.23. The maximum atomic E-state index is 12.1. The van der Waals surface area contributed by atoms with Crippen molar-refractivity contribution >= 4 is 23.5 Å². The van der Waals surface area contributed by atoms with E-state index in [-0.39, 0.29) is 5.91 Å². The summed E-state index contributed by atoms with van der Waals surface area (Å²) in [6, 6.07) is 25.3. The standard InChI is InChI=1S/C23H24N4O/c1-2-27(17-19-7-4-3-5-8-19)22-13-11-18(12-14-22)16-25-26-23(28)20-9-6-10-21(24)15-20/h3-16H,2,17,24H2,1H3,(H,26,28)/b25-16-. The average Bonchev–Trinajstić information content (AvgIpc) is 2.73. The summed E-state index contributed by atoms with van der Waals surface area (Å²) in [6.07, 6.45) is 1.63. The molecule has 0 spiro atoms. The molecule has 0 bridgehead atoms. The van der Waals surface area contributed by atoms with E-state index in [4.69, 9.17) is 5.73 Å². The third kappa shape index (κ3) is 5.20. The zero-order chi connectivity index (χ0) is 19.8. The number of nitrogens with two attached hydrogens (primary N) is 1. The van der Waals surface area contributed by atoms with E-state index >= 15 is 0 Å². The number of hydrazone groups is 1. The van der Waals surface area contributed by atoms with Crippen molar-refractivity contribution < 1.29 is 4.79 Å². The van der Waals surface area contributed by atoms with E-state index in [0.29, 0.717) is 11.3 Å². The van der Waals surface area contributed by atoms with Crippen LogP contribution in [0.1, 0.15) is 28.4 Å². The van der Waals surface area contributed by atoms with Crippen LogP contribution in [0.2, 0.25) is 0 Å². The molecule has 0 aliphatic carbocycles. The minimum atomic E-state index is -0.291. The smallest absolute Gasteiger partial charge is 0.271 e. The first-order valence-corrected chi connectivity index (χ1v) is 9.23. The SMILES string of the molecule is CCN(Cc1ccccc1)c1ccc(/C=N\NC(=O)c2cccc(N)c2)cc1. The third-order valence-electron chi connectivity index (χ3n) is 4.38. The Morgan fingerprint density at radius 3 is 2.46 bits per heavy atom. The summed E-state index contributed by atoms with van der Waals surface area (Å²) >= 11 is 0. The van der Waals surface area contributed by atoms with Crippen LogP contribution in [0.5, 0.6) is 0 Å². The molecule has 0 fully saturated rings. The molecule has 0 heterocycles. The summed E-state index contributed by atoms with van der Waals surface area (Å²) in [5.41, 5.74) is 12.6. The zero-order valence-electron chi connectivity index (χ0n) is 15.9. The topological polar surface area (TPSA) is 70.7 Å². The van der Waals surface area contributed by atoms with Gasteiger partial charge in [-0.25, -0.2) is 5.43 Å². The number of nitrogens with one attached hydrogen (secondary N) is 1. The van der Waals surface area contributed by atoms with Crippen LogP contribution in [0.15, 0.2) is 84.0 Å². The van der Waals surface area contributed by atoms with Crippen molar-refractivity contribution in [1.29, 1.82) is 0 Å². The Balaban J connectivity index is 1.60. The van der Waals surface area contributed by atoms with Crippen LogP contribution in [0.25, 0.3) is 0 Å². The van der Waals surface area contributed by atoms with E-state index < -0.39 is 0 Å². The molecular weight excluding hydrogens is 348 g/mol. The van der Waals surface area contributed by atoms with Crippen molar-refractivity contribution in [2.24, 2.45) is 5.10 Å². The quantitative estimate of drug-likeness (QED) is 0.373. The number of carbonyl (C=O) groups excluding carboxylic acids is 1. The largest absolute Gasteiger partial charge is 0.399 e. The van der Waals surface area contributed by atoms with Crippen LogP contribution in [0, 0.1) is 0 Å². The number of hydrogen-bond donors (Lipinski definition) is 2. The molecule has 0 radical (unpaired) electrons. The van der Waals surface area contributed by atoms with Crippen LogP contribution >= 0.6 is 0 Å². The summed E-state index contributed by atoms with van der Waals surface area (Å²) in [4.78, 5) is 14.4. The summed E-state index contributed by atoms with van der Waals surface area (Å²) < 4.78 is 0. The molecule has 0 saturated heterocycles. The van der Waals surface area contributed by atoms with E-state index in [2.05, 4.69) is 58.7 Å². The van der Waals surface area contributed by atoms with Crippen molar-refractivity contribution in [2.75, 3.05) is 17.2 Å². The van der Waals surface area contributed by atoms with E-state index in [1.807, 2.05) is 18.2 Å². The van der Waals surface area contributed by atoms with Crippen molar-refractivity contribution in [3.63, 3.8) is 0 Å². The Morgan fingerprint density at radius 1 is 1.04 bits per heavy atom. The van der Waals surface area contributed by atoms with E-state index in [1.165, 1.54) is 5.56 Å². The highest BCUT2D eigenvalue weighted by atomic mass is 16.2. The molecule has 0 aliphatic rings. The number of nitrogen functional groups attached to an aromatic ring is 1. The molecule has 0 aliphatic heterocycles. The fourth-order valence-electron chi connectivity index (χ4n) is 2.87. The summed E-state index contributed by atoms with van der Waals surface area (Å²) in [7, 11) is 0. The maximum absolute atomic E-state index is 12.1. The van der Waals surface area contributed by atoms with Gasteiger partial charge >= 0.3 is 0 Å². The predicted octanol–water partition coefficient (Wildman–Crippen LogP) is 4.06. The Bertz CT molecular complexity index is 936. The second-order valence-corrected chi connectivity index (χ2v) is 6.42. The molecule has 28 heavy (non-hydrogen) atoms. The molecule has 0 saturated carbocycles. The zero-order valence-corrected chi connectivity index (χ0v) is 15.9. The number of carbonyl (C=O) groups is 1. The second kappa shape index (κ2) is 9.37. The normalized spacial score (nSPS) is 10.8. The third-order valence-corrected chi connectivity index (χ3v) is 4.38. The first-order valence-electron chi connectivity index (χ1n) is 9.23. The Labute approximate surface area is 165 Å². The van der Waals surface area contributed by atoms with Gasteiger partial charge in [0.05, 0.1) is 6.21 Å². The predicted molar refractivity (Wildman–Crippen MR) is 116 cm³/mol. The summed E-state index contributed by atoms with van der Waals surface area (Å²) in [5.74, 6) is -0.291. The lowest BCUT2D eigenvalue weighted by molar-refractivity contribution is 0.0955. The van der Waals surface area contributed by atoms with Crippen molar-refractivity contribution in [2.45, 2.75) is 13.5 Å². The highest BCUT2D eigenvalue weighted by Crippen LogP contribution is 2.17. The number of nitrogens with zero attached hydrogens (tertiary/aromatic N) is 2. The van der Waals surface area contributed by atoms with Gasteiger partial charge in [0.15, 0.2) is 0 Å². The van der Waals surface area contributed by atoms with Gasteiger partial charge in [0.1, 0.15) is 0 Å². The molecule has 3 rings (SSSR count). The van der Waals surface area contributed by atoms with Gasteiger partial charge in [-0.3, -0.25) is 4.79 Å². The van der Waals surface area contributed by atoms with E-state index in [0.717, 1.165) is 24.3 Å².